The van der Waals surface area contributed by atoms with E-state index in [1.54, 1.807) is 12.1 Å². The molecule has 8 heteroatoms. The number of ether oxygens (including phenoxy) is 1. The summed E-state index contributed by atoms with van der Waals surface area (Å²) >= 11 is 5.91. The van der Waals surface area contributed by atoms with Gasteiger partial charge in [-0.15, -0.1) is 0 Å². The number of nitrogens with one attached hydrogen (secondary N) is 1. The first kappa shape index (κ1) is 19.2. The van der Waals surface area contributed by atoms with Crippen molar-refractivity contribution in [1.29, 1.82) is 0 Å². The molecule has 0 bridgehead atoms. The molecule has 0 aliphatic rings. The van der Waals surface area contributed by atoms with E-state index in [1.807, 2.05) is 13.0 Å². The summed E-state index contributed by atoms with van der Waals surface area (Å²) in [5.74, 6) is 0.0611. The number of halogens is 1. The molecule has 0 unspecified atom stereocenters. The van der Waals surface area contributed by atoms with Gasteiger partial charge in [-0.3, -0.25) is 4.79 Å². The zero-order valence-corrected chi connectivity index (χ0v) is 15.7. The number of carbonyl (C=O) groups is 1. The fourth-order valence-electron chi connectivity index (χ4n) is 1.98. The number of benzene rings is 2. The predicted octanol–water partition coefficient (Wildman–Crippen LogP) is 2.92. The lowest BCUT2D eigenvalue weighted by molar-refractivity contribution is -0.118. The average molecular weight is 383 g/mol. The Morgan fingerprint density at radius 1 is 1.16 bits per heavy atom. The number of rotatable bonds is 6. The van der Waals surface area contributed by atoms with Crippen molar-refractivity contribution in [3.8, 4) is 5.75 Å². The fourth-order valence-corrected chi connectivity index (χ4v) is 3.06. The van der Waals surface area contributed by atoms with E-state index in [0.29, 0.717) is 16.5 Å². The monoisotopic (exact) mass is 382 g/mol. The minimum atomic E-state index is -3.49. The lowest BCUT2D eigenvalue weighted by Gasteiger charge is -2.12. The van der Waals surface area contributed by atoms with Gasteiger partial charge >= 0.3 is 0 Å². The zero-order chi connectivity index (χ0) is 18.6. The summed E-state index contributed by atoms with van der Waals surface area (Å²) in [6, 6.07) is 11.1. The summed E-state index contributed by atoms with van der Waals surface area (Å²) in [6.45, 7) is 1.66. The number of nitrogens with zero attached hydrogens (tertiary/aromatic N) is 1. The van der Waals surface area contributed by atoms with Crippen molar-refractivity contribution < 1.29 is 17.9 Å². The maximum Gasteiger partial charge on any atom is 0.262 e. The molecule has 0 saturated heterocycles. The standard InChI is InChI=1S/C17H19ClN2O4S/c1-12-4-5-13(18)10-16(12)19-17(21)11-24-14-6-8-15(9-7-14)25(22,23)20(2)3/h4-10H,11H2,1-3H3,(H,19,21). The second-order valence-corrected chi connectivity index (χ2v) is 8.14. The largest absolute Gasteiger partial charge is 0.484 e. The predicted molar refractivity (Wildman–Crippen MR) is 97.6 cm³/mol. The summed E-state index contributed by atoms with van der Waals surface area (Å²) in [5, 5.41) is 3.25. The van der Waals surface area contributed by atoms with E-state index in [4.69, 9.17) is 16.3 Å². The van der Waals surface area contributed by atoms with Crippen molar-refractivity contribution >= 4 is 33.2 Å². The molecule has 0 atom stereocenters. The molecule has 2 rings (SSSR count). The Balaban J connectivity index is 1.97. The van der Waals surface area contributed by atoms with E-state index in [-0.39, 0.29) is 17.4 Å². The number of sulfonamides is 1. The van der Waals surface area contributed by atoms with Crippen LogP contribution in [0.4, 0.5) is 5.69 Å². The van der Waals surface area contributed by atoms with Crippen molar-refractivity contribution in [3.05, 3.63) is 53.1 Å². The van der Waals surface area contributed by atoms with E-state index in [9.17, 15) is 13.2 Å². The molecule has 0 aliphatic heterocycles. The third-order valence-corrected chi connectivity index (χ3v) is 5.51. The molecule has 0 fully saturated rings. The highest BCUT2D eigenvalue weighted by Gasteiger charge is 2.16. The molecular formula is C17H19ClN2O4S. The van der Waals surface area contributed by atoms with Gasteiger partial charge in [0.15, 0.2) is 6.61 Å². The Bertz CT molecular complexity index is 865. The van der Waals surface area contributed by atoms with Gasteiger partial charge in [-0.05, 0) is 48.9 Å². The Hall–Kier alpha value is -2.09. The van der Waals surface area contributed by atoms with Crippen LogP contribution in [0.25, 0.3) is 0 Å². The fraction of sp³-hybridized carbons (Fsp3) is 0.235. The molecule has 2 aromatic carbocycles. The smallest absolute Gasteiger partial charge is 0.262 e. The molecular weight excluding hydrogens is 364 g/mol. The number of aryl methyl sites for hydroxylation is 1. The van der Waals surface area contributed by atoms with Crippen LogP contribution in [-0.2, 0) is 14.8 Å². The Morgan fingerprint density at radius 3 is 2.40 bits per heavy atom. The number of anilines is 1. The summed E-state index contributed by atoms with van der Waals surface area (Å²) in [5.41, 5.74) is 1.50. The lowest BCUT2D eigenvalue weighted by Crippen LogP contribution is -2.22. The first-order valence-corrected chi connectivity index (χ1v) is 9.23. The van der Waals surface area contributed by atoms with E-state index < -0.39 is 10.0 Å². The summed E-state index contributed by atoms with van der Waals surface area (Å²) in [4.78, 5) is 12.1. The van der Waals surface area contributed by atoms with Gasteiger partial charge in [-0.2, -0.15) is 0 Å². The summed E-state index contributed by atoms with van der Waals surface area (Å²) in [7, 11) is -0.568. The van der Waals surface area contributed by atoms with Crippen LogP contribution in [0.5, 0.6) is 5.75 Å². The lowest BCUT2D eigenvalue weighted by atomic mass is 10.2. The first-order valence-electron chi connectivity index (χ1n) is 7.41. The molecule has 0 radical (unpaired) electrons. The normalized spacial score (nSPS) is 11.4. The average Bonchev–Trinajstić information content (AvgIpc) is 2.56. The van der Waals surface area contributed by atoms with Crippen LogP contribution in [0, 0.1) is 6.92 Å². The van der Waals surface area contributed by atoms with Crippen molar-refractivity contribution in [2.24, 2.45) is 0 Å². The third kappa shape index (κ3) is 4.94. The highest BCUT2D eigenvalue weighted by molar-refractivity contribution is 7.89. The molecule has 0 aromatic heterocycles. The highest BCUT2D eigenvalue weighted by atomic mass is 35.5. The molecule has 0 aliphatic carbocycles. The van der Waals surface area contributed by atoms with Crippen LogP contribution in [-0.4, -0.2) is 39.3 Å². The van der Waals surface area contributed by atoms with Crippen LogP contribution in [0.1, 0.15) is 5.56 Å². The molecule has 0 heterocycles. The molecule has 6 nitrogen and oxygen atoms in total. The van der Waals surface area contributed by atoms with E-state index >= 15 is 0 Å². The minimum Gasteiger partial charge on any atom is -0.484 e. The number of amides is 1. The second-order valence-electron chi connectivity index (χ2n) is 5.55. The van der Waals surface area contributed by atoms with Gasteiger partial charge in [0.05, 0.1) is 4.90 Å². The van der Waals surface area contributed by atoms with E-state index in [2.05, 4.69) is 5.32 Å². The number of hydrogen-bond acceptors (Lipinski definition) is 4. The van der Waals surface area contributed by atoms with E-state index in [1.165, 1.54) is 38.4 Å². The number of hydrogen-bond donors (Lipinski definition) is 1. The van der Waals surface area contributed by atoms with Crippen molar-refractivity contribution in [1.82, 2.24) is 4.31 Å². The van der Waals surface area contributed by atoms with Crippen LogP contribution in [0.3, 0.4) is 0 Å². The van der Waals surface area contributed by atoms with Gasteiger partial charge in [0, 0.05) is 24.8 Å². The Kier molecular flexibility index (Phi) is 6.05. The third-order valence-electron chi connectivity index (χ3n) is 3.45. The quantitative estimate of drug-likeness (QED) is 0.833. The van der Waals surface area contributed by atoms with Gasteiger partial charge in [0.25, 0.3) is 5.91 Å². The molecule has 134 valence electrons. The SMILES string of the molecule is Cc1ccc(Cl)cc1NC(=O)COc1ccc(S(=O)(=O)N(C)C)cc1. The van der Waals surface area contributed by atoms with Gasteiger partial charge in [0.1, 0.15) is 5.75 Å². The van der Waals surface area contributed by atoms with Crippen molar-refractivity contribution in [2.75, 3.05) is 26.0 Å². The van der Waals surface area contributed by atoms with Crippen LogP contribution >= 0.6 is 11.6 Å². The second kappa shape index (κ2) is 7.86. The molecule has 0 saturated carbocycles. The van der Waals surface area contributed by atoms with Crippen LogP contribution in [0.15, 0.2) is 47.4 Å². The zero-order valence-electron chi connectivity index (χ0n) is 14.1. The van der Waals surface area contributed by atoms with E-state index in [0.717, 1.165) is 9.87 Å². The maximum absolute atomic E-state index is 12.0. The molecule has 0 spiro atoms. The molecule has 1 amide bonds. The highest BCUT2D eigenvalue weighted by Crippen LogP contribution is 2.21. The maximum atomic E-state index is 12.0. The summed E-state index contributed by atoms with van der Waals surface area (Å²) in [6.07, 6.45) is 0. The molecule has 25 heavy (non-hydrogen) atoms. The summed E-state index contributed by atoms with van der Waals surface area (Å²) < 4.78 is 30.5. The van der Waals surface area contributed by atoms with Gasteiger partial charge in [-0.25, -0.2) is 12.7 Å². The van der Waals surface area contributed by atoms with Gasteiger partial charge in [0.2, 0.25) is 10.0 Å². The topological polar surface area (TPSA) is 75.7 Å². The van der Waals surface area contributed by atoms with Crippen LogP contribution in [0.2, 0.25) is 5.02 Å². The minimum absolute atomic E-state index is 0.156. The molecule has 2 aromatic rings. The first-order chi connectivity index (χ1) is 11.7. The van der Waals surface area contributed by atoms with Crippen LogP contribution < -0.4 is 10.1 Å². The van der Waals surface area contributed by atoms with Gasteiger partial charge < -0.3 is 10.1 Å². The Morgan fingerprint density at radius 2 is 1.80 bits per heavy atom. The van der Waals surface area contributed by atoms with Crippen molar-refractivity contribution in [2.45, 2.75) is 11.8 Å². The number of carbonyl (C=O) groups excluding carboxylic acids is 1. The van der Waals surface area contributed by atoms with Crippen molar-refractivity contribution in [3.63, 3.8) is 0 Å². The van der Waals surface area contributed by atoms with Gasteiger partial charge in [-0.1, -0.05) is 17.7 Å². The Labute approximate surface area is 152 Å². The molecule has 1 N–H and O–H groups in total.